The lowest BCUT2D eigenvalue weighted by Gasteiger charge is -2.10. The van der Waals surface area contributed by atoms with Crippen molar-refractivity contribution in [2.45, 2.75) is 0 Å². The summed E-state index contributed by atoms with van der Waals surface area (Å²) in [6.07, 6.45) is 0. The quantitative estimate of drug-likeness (QED) is 0.344. The molecule has 0 saturated heterocycles. The first-order valence-corrected chi connectivity index (χ1v) is 9.81. The molecule has 3 rings (SSSR count). The van der Waals surface area contributed by atoms with Crippen molar-refractivity contribution in [2.24, 2.45) is 0 Å². The zero-order chi connectivity index (χ0) is 22.5. The van der Waals surface area contributed by atoms with Gasteiger partial charge < -0.3 is 10.1 Å². The van der Waals surface area contributed by atoms with Gasteiger partial charge in [0.25, 0.3) is 11.6 Å². The molecule has 1 aromatic heterocycles. The van der Waals surface area contributed by atoms with Crippen molar-refractivity contribution in [1.82, 2.24) is 15.5 Å². The average molecular weight is 527 g/mol. The van der Waals surface area contributed by atoms with Gasteiger partial charge in [-0.3, -0.25) is 20.2 Å². The minimum atomic E-state index is -0.972. The summed E-state index contributed by atoms with van der Waals surface area (Å²) in [7, 11) is 0. The molecule has 0 spiro atoms. The van der Waals surface area contributed by atoms with E-state index in [0.717, 1.165) is 12.1 Å². The molecule has 0 atom stereocenters. The van der Waals surface area contributed by atoms with Gasteiger partial charge in [-0.1, -0.05) is 23.2 Å². The smallest absolute Gasteiger partial charge is 0.326 e. The first-order chi connectivity index (χ1) is 14.7. The van der Waals surface area contributed by atoms with Crippen LogP contribution in [0.5, 0.6) is 11.6 Å². The van der Waals surface area contributed by atoms with Gasteiger partial charge in [-0.15, -0.1) is 10.2 Å². The van der Waals surface area contributed by atoms with Crippen molar-refractivity contribution >= 4 is 62.4 Å². The normalized spacial score (nSPS) is 10.3. The second-order valence-corrected chi connectivity index (χ2v) is 7.42. The van der Waals surface area contributed by atoms with Gasteiger partial charge in [0, 0.05) is 22.8 Å². The summed E-state index contributed by atoms with van der Waals surface area (Å²) in [4.78, 5) is 34.7. The molecule has 0 unspecified atom stereocenters. The number of nitro groups is 1. The summed E-state index contributed by atoms with van der Waals surface area (Å²) in [5.41, 5.74) is -0.601. The monoisotopic (exact) mass is 525 g/mol. The third kappa shape index (κ3) is 5.87. The van der Waals surface area contributed by atoms with Gasteiger partial charge in [0.2, 0.25) is 5.88 Å². The zero-order valence-electron chi connectivity index (χ0n) is 15.1. The van der Waals surface area contributed by atoms with E-state index in [0.29, 0.717) is 4.60 Å². The number of anilines is 1. The van der Waals surface area contributed by atoms with Gasteiger partial charge in [0.1, 0.15) is 15.9 Å². The van der Waals surface area contributed by atoms with Crippen molar-refractivity contribution in [3.05, 3.63) is 78.9 Å². The van der Waals surface area contributed by atoms with Gasteiger partial charge in [-0.05, 0) is 52.3 Å². The lowest BCUT2D eigenvalue weighted by atomic mass is 10.1. The van der Waals surface area contributed by atoms with Crippen LogP contribution in [-0.4, -0.2) is 27.1 Å². The molecular weight excluding hydrogens is 517 g/mol. The van der Waals surface area contributed by atoms with E-state index >= 15 is 0 Å². The molecule has 0 radical (unpaired) electrons. The van der Waals surface area contributed by atoms with E-state index in [-0.39, 0.29) is 32.9 Å². The lowest BCUT2D eigenvalue weighted by molar-refractivity contribution is -0.385. The predicted octanol–water partition coefficient (Wildman–Crippen LogP) is 5.21. The number of nitrogens with one attached hydrogen (secondary N) is 2. The number of urea groups is 1. The maximum atomic E-state index is 12.2. The highest BCUT2D eigenvalue weighted by Crippen LogP contribution is 2.31. The van der Waals surface area contributed by atoms with Crippen LogP contribution < -0.4 is 15.4 Å². The number of benzene rings is 2. The van der Waals surface area contributed by atoms with Crippen LogP contribution in [0.4, 0.5) is 16.2 Å². The Hall–Kier alpha value is -3.28. The number of ether oxygens (including phenoxy) is 1. The fourth-order valence-electron chi connectivity index (χ4n) is 2.31. The standard InChI is InChI=1S/C18H10BrCl2N5O5/c19-15-5-6-16(25-24-15)31-14-4-2-10(8-12(14)21)22-18(28)23-17(27)11-3-1-9(20)7-13(11)26(29)30/h1-8H,(H2,22,23,27,28). The lowest BCUT2D eigenvalue weighted by Crippen LogP contribution is -2.34. The van der Waals surface area contributed by atoms with E-state index in [9.17, 15) is 19.7 Å². The van der Waals surface area contributed by atoms with Gasteiger partial charge >= 0.3 is 6.03 Å². The van der Waals surface area contributed by atoms with Gasteiger partial charge in [-0.2, -0.15) is 0 Å². The number of aromatic nitrogens is 2. The number of hydrogen-bond donors (Lipinski definition) is 2. The summed E-state index contributed by atoms with van der Waals surface area (Å²) in [6.45, 7) is 0. The SMILES string of the molecule is O=C(NC(=O)c1ccc(Cl)cc1[N+](=O)[O-])Nc1ccc(Oc2ccc(Br)nn2)c(Cl)c1. The Labute approximate surface area is 192 Å². The largest absolute Gasteiger partial charge is 0.436 e. The van der Waals surface area contributed by atoms with E-state index in [1.807, 2.05) is 5.32 Å². The van der Waals surface area contributed by atoms with E-state index in [2.05, 4.69) is 31.4 Å². The number of amides is 3. The molecule has 10 nitrogen and oxygen atoms in total. The van der Waals surface area contributed by atoms with Gasteiger partial charge in [-0.25, -0.2) is 4.79 Å². The van der Waals surface area contributed by atoms with Crippen LogP contribution in [0, 0.1) is 10.1 Å². The number of carbonyl (C=O) groups excluding carboxylic acids is 2. The molecule has 158 valence electrons. The maximum absolute atomic E-state index is 12.2. The van der Waals surface area contributed by atoms with Crippen molar-refractivity contribution in [2.75, 3.05) is 5.32 Å². The van der Waals surface area contributed by atoms with E-state index < -0.39 is 22.5 Å². The highest BCUT2D eigenvalue weighted by molar-refractivity contribution is 9.10. The Balaban J connectivity index is 1.67. The van der Waals surface area contributed by atoms with E-state index in [4.69, 9.17) is 27.9 Å². The minimum absolute atomic E-state index is 0.0822. The van der Waals surface area contributed by atoms with Crippen LogP contribution in [-0.2, 0) is 0 Å². The molecule has 0 aliphatic heterocycles. The summed E-state index contributed by atoms with van der Waals surface area (Å²) >= 11 is 15.0. The average Bonchev–Trinajstić information content (AvgIpc) is 2.71. The van der Waals surface area contributed by atoms with Gasteiger partial charge in [0.15, 0.2) is 0 Å². The molecule has 0 aliphatic rings. The third-order valence-electron chi connectivity index (χ3n) is 3.64. The van der Waals surface area contributed by atoms with Crippen LogP contribution >= 0.6 is 39.1 Å². The first-order valence-electron chi connectivity index (χ1n) is 8.26. The van der Waals surface area contributed by atoms with E-state index in [1.54, 1.807) is 12.1 Å². The summed E-state index contributed by atoms with van der Waals surface area (Å²) < 4.78 is 6.05. The van der Waals surface area contributed by atoms with Crippen molar-refractivity contribution < 1.29 is 19.2 Å². The summed E-state index contributed by atoms with van der Waals surface area (Å²) in [6, 6.07) is 10.1. The molecule has 0 aliphatic carbocycles. The van der Waals surface area contributed by atoms with Crippen LogP contribution in [0.15, 0.2) is 53.1 Å². The molecular formula is C18H10BrCl2N5O5. The number of halogens is 3. The molecule has 2 N–H and O–H groups in total. The van der Waals surface area contributed by atoms with Gasteiger partial charge in [0.05, 0.1) is 9.95 Å². The van der Waals surface area contributed by atoms with Crippen LogP contribution in [0.2, 0.25) is 10.0 Å². The molecule has 3 amide bonds. The van der Waals surface area contributed by atoms with Crippen molar-refractivity contribution in [3.8, 4) is 11.6 Å². The van der Waals surface area contributed by atoms with Crippen LogP contribution in [0.1, 0.15) is 10.4 Å². The summed E-state index contributed by atoms with van der Waals surface area (Å²) in [5.74, 6) is -0.503. The van der Waals surface area contributed by atoms with Crippen molar-refractivity contribution in [3.63, 3.8) is 0 Å². The molecule has 2 aromatic carbocycles. The molecule has 1 heterocycles. The molecule has 0 saturated carbocycles. The fraction of sp³-hybridized carbons (Fsp3) is 0. The molecule has 13 heteroatoms. The molecule has 31 heavy (non-hydrogen) atoms. The first kappa shape index (κ1) is 22.4. The third-order valence-corrected chi connectivity index (χ3v) is 4.59. The number of nitro benzene ring substituents is 1. The number of carbonyl (C=O) groups is 2. The molecule has 0 bridgehead atoms. The van der Waals surface area contributed by atoms with Crippen molar-refractivity contribution in [1.29, 1.82) is 0 Å². The molecule has 0 fully saturated rings. The number of nitrogens with zero attached hydrogens (tertiary/aromatic N) is 3. The second kappa shape index (κ2) is 9.69. The predicted molar refractivity (Wildman–Crippen MR) is 116 cm³/mol. The minimum Gasteiger partial charge on any atom is -0.436 e. The second-order valence-electron chi connectivity index (χ2n) is 5.77. The Morgan fingerprint density at radius 1 is 1.06 bits per heavy atom. The summed E-state index contributed by atoms with van der Waals surface area (Å²) in [5, 5.41) is 23.4. The Kier molecular flexibility index (Phi) is 7.00. The fourth-order valence-corrected chi connectivity index (χ4v) is 2.91. The Morgan fingerprint density at radius 3 is 2.48 bits per heavy atom. The van der Waals surface area contributed by atoms with Crippen LogP contribution in [0.3, 0.4) is 0 Å². The zero-order valence-corrected chi connectivity index (χ0v) is 18.2. The maximum Gasteiger partial charge on any atom is 0.326 e. The number of hydrogen-bond acceptors (Lipinski definition) is 7. The number of rotatable bonds is 5. The number of imide groups is 1. The Morgan fingerprint density at radius 2 is 1.84 bits per heavy atom. The van der Waals surface area contributed by atoms with E-state index in [1.165, 1.54) is 24.3 Å². The Bertz CT molecular complexity index is 1180. The topological polar surface area (TPSA) is 136 Å². The highest BCUT2D eigenvalue weighted by Gasteiger charge is 2.22. The molecule has 3 aromatic rings. The highest BCUT2D eigenvalue weighted by atomic mass is 79.9. The van der Waals surface area contributed by atoms with Crippen LogP contribution in [0.25, 0.3) is 0 Å².